The minimum Gasteiger partial charge on any atom is -0.453 e. The number of ether oxygens (including phenoxy) is 1. The van der Waals surface area contributed by atoms with Crippen LogP contribution in [0.3, 0.4) is 0 Å². The number of carbonyl (C=O) groups is 1. The molecule has 0 aliphatic carbocycles. The van der Waals surface area contributed by atoms with Crippen molar-refractivity contribution in [3.63, 3.8) is 0 Å². The zero-order valence-corrected chi connectivity index (χ0v) is 10.9. The molecular weight excluding hydrogens is 230 g/mol. The Kier molecular flexibility index (Phi) is 4.12. The van der Waals surface area contributed by atoms with E-state index in [0.29, 0.717) is 6.04 Å². The molecule has 18 heavy (non-hydrogen) atoms. The number of hydrogen-bond donors (Lipinski definition) is 0. The van der Waals surface area contributed by atoms with Crippen LogP contribution in [0, 0.1) is 6.92 Å². The Bertz CT molecular complexity index is 422. The van der Waals surface area contributed by atoms with Gasteiger partial charge >= 0.3 is 6.01 Å². The summed E-state index contributed by atoms with van der Waals surface area (Å²) in [6, 6.07) is 2.38. The number of amides is 1. The minimum atomic E-state index is 0.0207. The first-order valence-corrected chi connectivity index (χ1v) is 6.39. The molecule has 1 aliphatic rings. The van der Waals surface area contributed by atoms with E-state index in [-0.39, 0.29) is 18.5 Å². The van der Waals surface area contributed by atoms with Crippen LogP contribution in [-0.2, 0) is 4.79 Å². The maximum absolute atomic E-state index is 12.0. The molecule has 0 N–H and O–H groups in total. The lowest BCUT2D eigenvalue weighted by Crippen LogP contribution is -2.44. The molecule has 0 spiro atoms. The average molecular weight is 249 g/mol. The van der Waals surface area contributed by atoms with Gasteiger partial charge in [0.2, 0.25) is 0 Å². The van der Waals surface area contributed by atoms with E-state index in [1.165, 1.54) is 6.42 Å². The molecule has 0 bridgehead atoms. The summed E-state index contributed by atoms with van der Waals surface area (Å²) in [5.41, 5.74) is 0.832. The first-order chi connectivity index (χ1) is 8.66. The largest absolute Gasteiger partial charge is 0.453 e. The standard InChI is InChI=1S/C13H19N3O2/c1-10-6-7-14-13(15-10)18-9-12(17)16-8-4-3-5-11(16)2/h6-7,11H,3-5,8-9H2,1-2H3/t11-/m1/s1. The number of hydrogen-bond acceptors (Lipinski definition) is 4. The number of carbonyl (C=O) groups excluding carboxylic acids is 1. The van der Waals surface area contributed by atoms with Gasteiger partial charge < -0.3 is 9.64 Å². The third-order valence-corrected chi connectivity index (χ3v) is 3.22. The molecule has 0 saturated carbocycles. The van der Waals surface area contributed by atoms with Crippen molar-refractivity contribution in [2.24, 2.45) is 0 Å². The summed E-state index contributed by atoms with van der Waals surface area (Å²) in [4.78, 5) is 22.0. The molecule has 5 heteroatoms. The maximum Gasteiger partial charge on any atom is 0.317 e. The highest BCUT2D eigenvalue weighted by Gasteiger charge is 2.23. The van der Waals surface area contributed by atoms with Crippen molar-refractivity contribution in [2.75, 3.05) is 13.2 Å². The van der Waals surface area contributed by atoms with Gasteiger partial charge in [-0.3, -0.25) is 4.79 Å². The topological polar surface area (TPSA) is 55.3 Å². The van der Waals surface area contributed by atoms with Crippen molar-refractivity contribution in [1.82, 2.24) is 14.9 Å². The maximum atomic E-state index is 12.0. The van der Waals surface area contributed by atoms with Crippen LogP contribution >= 0.6 is 0 Å². The first kappa shape index (κ1) is 12.8. The van der Waals surface area contributed by atoms with Crippen LogP contribution in [0.25, 0.3) is 0 Å². The van der Waals surface area contributed by atoms with E-state index in [2.05, 4.69) is 16.9 Å². The molecule has 1 aliphatic heterocycles. The Morgan fingerprint density at radius 1 is 1.56 bits per heavy atom. The highest BCUT2D eigenvalue weighted by Crippen LogP contribution is 2.16. The monoisotopic (exact) mass is 249 g/mol. The highest BCUT2D eigenvalue weighted by atomic mass is 16.5. The molecule has 1 aromatic rings. The van der Waals surface area contributed by atoms with E-state index in [1.807, 2.05) is 11.8 Å². The second-order valence-electron chi connectivity index (χ2n) is 4.70. The van der Waals surface area contributed by atoms with E-state index in [0.717, 1.165) is 25.1 Å². The fraction of sp³-hybridized carbons (Fsp3) is 0.615. The molecule has 0 radical (unpaired) electrons. The molecule has 98 valence electrons. The van der Waals surface area contributed by atoms with E-state index in [9.17, 15) is 4.79 Å². The minimum absolute atomic E-state index is 0.0207. The summed E-state index contributed by atoms with van der Waals surface area (Å²) in [5.74, 6) is 0.0207. The molecule has 2 rings (SSSR count). The fourth-order valence-corrected chi connectivity index (χ4v) is 2.17. The molecule has 1 fully saturated rings. The van der Waals surface area contributed by atoms with Crippen LogP contribution < -0.4 is 4.74 Å². The number of piperidine rings is 1. The van der Waals surface area contributed by atoms with Gasteiger partial charge in [-0.1, -0.05) is 0 Å². The summed E-state index contributed by atoms with van der Waals surface area (Å²) in [6.45, 7) is 4.80. The van der Waals surface area contributed by atoms with Gasteiger partial charge in [0.15, 0.2) is 6.61 Å². The zero-order chi connectivity index (χ0) is 13.0. The van der Waals surface area contributed by atoms with Crippen LogP contribution in [0.15, 0.2) is 12.3 Å². The highest BCUT2D eigenvalue weighted by molar-refractivity contribution is 5.78. The van der Waals surface area contributed by atoms with Crippen LogP contribution in [0.5, 0.6) is 6.01 Å². The van der Waals surface area contributed by atoms with Crippen LogP contribution in [-0.4, -0.2) is 40.0 Å². The third kappa shape index (κ3) is 3.18. The smallest absolute Gasteiger partial charge is 0.317 e. The van der Waals surface area contributed by atoms with Crippen molar-refractivity contribution in [1.29, 1.82) is 0 Å². The Balaban J connectivity index is 1.88. The summed E-state index contributed by atoms with van der Waals surface area (Å²) in [7, 11) is 0. The van der Waals surface area contributed by atoms with Gasteiger partial charge in [-0.05, 0) is 39.2 Å². The molecule has 0 unspecified atom stereocenters. The van der Waals surface area contributed by atoms with Gasteiger partial charge in [-0.2, -0.15) is 0 Å². The molecular formula is C13H19N3O2. The Morgan fingerprint density at radius 3 is 3.11 bits per heavy atom. The molecule has 0 aromatic carbocycles. The van der Waals surface area contributed by atoms with Crippen LogP contribution in [0.1, 0.15) is 31.9 Å². The number of nitrogens with zero attached hydrogens (tertiary/aromatic N) is 3. The Morgan fingerprint density at radius 2 is 2.39 bits per heavy atom. The van der Waals surface area contributed by atoms with Gasteiger partial charge in [0.25, 0.3) is 5.91 Å². The van der Waals surface area contributed by atoms with E-state index in [4.69, 9.17) is 4.74 Å². The molecule has 2 heterocycles. The van der Waals surface area contributed by atoms with Crippen molar-refractivity contribution in [3.8, 4) is 6.01 Å². The average Bonchev–Trinajstić information content (AvgIpc) is 2.37. The Hall–Kier alpha value is -1.65. The lowest BCUT2D eigenvalue weighted by atomic mass is 10.0. The quantitative estimate of drug-likeness (QED) is 0.816. The van der Waals surface area contributed by atoms with Crippen molar-refractivity contribution in [3.05, 3.63) is 18.0 Å². The van der Waals surface area contributed by atoms with Gasteiger partial charge in [0, 0.05) is 24.5 Å². The normalized spacial score (nSPS) is 19.7. The van der Waals surface area contributed by atoms with E-state index in [1.54, 1.807) is 12.3 Å². The summed E-state index contributed by atoms with van der Waals surface area (Å²) < 4.78 is 5.34. The summed E-state index contributed by atoms with van der Waals surface area (Å²) in [5, 5.41) is 0. The predicted molar refractivity (Wildman–Crippen MR) is 67.3 cm³/mol. The van der Waals surface area contributed by atoms with Crippen molar-refractivity contribution >= 4 is 5.91 Å². The lowest BCUT2D eigenvalue weighted by Gasteiger charge is -2.33. The molecule has 5 nitrogen and oxygen atoms in total. The SMILES string of the molecule is Cc1ccnc(OCC(=O)N2CCCC[C@H]2C)n1. The number of likely N-dealkylation sites (tertiary alicyclic amines) is 1. The third-order valence-electron chi connectivity index (χ3n) is 3.22. The van der Waals surface area contributed by atoms with E-state index >= 15 is 0 Å². The first-order valence-electron chi connectivity index (χ1n) is 6.39. The molecule has 1 aromatic heterocycles. The molecule has 1 amide bonds. The molecule has 1 atom stereocenters. The van der Waals surface area contributed by atoms with Crippen LogP contribution in [0.2, 0.25) is 0 Å². The van der Waals surface area contributed by atoms with Gasteiger partial charge in [0.1, 0.15) is 0 Å². The van der Waals surface area contributed by atoms with Crippen molar-refractivity contribution < 1.29 is 9.53 Å². The summed E-state index contributed by atoms with van der Waals surface area (Å²) in [6.07, 6.45) is 4.99. The molecule has 1 saturated heterocycles. The van der Waals surface area contributed by atoms with Gasteiger partial charge in [-0.25, -0.2) is 9.97 Å². The number of rotatable bonds is 3. The Labute approximate surface area is 107 Å². The second kappa shape index (κ2) is 5.80. The number of aryl methyl sites for hydroxylation is 1. The number of aromatic nitrogens is 2. The van der Waals surface area contributed by atoms with Crippen LogP contribution in [0.4, 0.5) is 0 Å². The lowest BCUT2D eigenvalue weighted by molar-refractivity contribution is -0.136. The zero-order valence-electron chi connectivity index (χ0n) is 10.9. The van der Waals surface area contributed by atoms with E-state index < -0.39 is 0 Å². The summed E-state index contributed by atoms with van der Waals surface area (Å²) >= 11 is 0. The van der Waals surface area contributed by atoms with Crippen molar-refractivity contribution in [2.45, 2.75) is 39.2 Å². The predicted octanol–water partition coefficient (Wildman–Crippen LogP) is 1.56. The van der Waals surface area contributed by atoms with Gasteiger partial charge in [-0.15, -0.1) is 0 Å². The fourth-order valence-electron chi connectivity index (χ4n) is 2.17. The van der Waals surface area contributed by atoms with Gasteiger partial charge in [0.05, 0.1) is 0 Å². The second-order valence-corrected chi connectivity index (χ2v) is 4.70.